The fourth-order valence-corrected chi connectivity index (χ4v) is 7.22. The van der Waals surface area contributed by atoms with Crippen LogP contribution in [0.1, 0.15) is 76.2 Å². The summed E-state index contributed by atoms with van der Waals surface area (Å²) in [6.45, 7) is 6.12. The molecule has 0 bridgehead atoms. The normalized spacial score (nSPS) is 11.3. The Morgan fingerprint density at radius 3 is 1.71 bits per heavy atom. The van der Waals surface area contributed by atoms with E-state index in [1.165, 1.54) is 0 Å². The minimum atomic E-state index is -0.903. The first-order chi connectivity index (χ1) is 27.0. The second kappa shape index (κ2) is 16.6. The molecular formula is C45H42N6O4. The van der Waals surface area contributed by atoms with Gasteiger partial charge in [0.15, 0.2) is 17.2 Å². The van der Waals surface area contributed by atoms with Crippen LogP contribution in [0.5, 0.6) is 0 Å². The summed E-state index contributed by atoms with van der Waals surface area (Å²) < 4.78 is 14.4. The SMILES string of the molecule is CCCc1nc(C(=O)OCC)c(C(=O)OCC)n1Cc1ccc(-c2ccccc2-c2nnnn2C(c2ccccc2)(c2ccccc2)c2ccccc2)cc1. The molecule has 5 aromatic carbocycles. The Morgan fingerprint density at radius 2 is 1.16 bits per heavy atom. The Bertz CT molecular complexity index is 2280. The third kappa shape index (κ3) is 7.06. The molecule has 0 aliphatic rings. The summed E-state index contributed by atoms with van der Waals surface area (Å²) in [6.07, 6.45) is 1.35. The van der Waals surface area contributed by atoms with Gasteiger partial charge in [0, 0.05) is 18.5 Å². The van der Waals surface area contributed by atoms with E-state index in [1.54, 1.807) is 18.4 Å². The van der Waals surface area contributed by atoms with E-state index in [0.717, 1.165) is 45.4 Å². The molecule has 0 radical (unpaired) electrons. The fraction of sp³-hybridized carbons (Fsp3) is 0.200. The Hall–Kier alpha value is -6.68. The largest absolute Gasteiger partial charge is 0.461 e. The molecule has 0 aliphatic carbocycles. The fourth-order valence-electron chi connectivity index (χ4n) is 7.22. The lowest BCUT2D eigenvalue weighted by Gasteiger charge is -2.36. The highest BCUT2D eigenvalue weighted by Crippen LogP contribution is 2.43. The molecule has 0 saturated carbocycles. The highest BCUT2D eigenvalue weighted by molar-refractivity contribution is 6.01. The Kier molecular flexibility index (Phi) is 11.0. The molecule has 10 nitrogen and oxygen atoms in total. The first-order valence-electron chi connectivity index (χ1n) is 18.6. The van der Waals surface area contributed by atoms with Crippen molar-refractivity contribution < 1.29 is 19.1 Å². The summed E-state index contributed by atoms with van der Waals surface area (Å²) in [7, 11) is 0. The van der Waals surface area contributed by atoms with Gasteiger partial charge in [0.1, 0.15) is 11.4 Å². The van der Waals surface area contributed by atoms with Crippen LogP contribution >= 0.6 is 0 Å². The Balaban J connectivity index is 1.32. The van der Waals surface area contributed by atoms with Crippen molar-refractivity contribution >= 4 is 11.9 Å². The zero-order chi connectivity index (χ0) is 38.2. The number of aromatic nitrogens is 6. The van der Waals surface area contributed by atoms with Crippen LogP contribution in [0.4, 0.5) is 0 Å². The summed E-state index contributed by atoms with van der Waals surface area (Å²) in [6, 6.07) is 47.2. The molecule has 10 heteroatoms. The van der Waals surface area contributed by atoms with Crippen molar-refractivity contribution in [2.45, 2.75) is 45.7 Å². The van der Waals surface area contributed by atoms with Crippen molar-refractivity contribution in [1.82, 2.24) is 29.8 Å². The number of esters is 2. The van der Waals surface area contributed by atoms with Crippen molar-refractivity contribution in [1.29, 1.82) is 0 Å². The lowest BCUT2D eigenvalue weighted by molar-refractivity contribution is 0.0467. The average molecular weight is 731 g/mol. The van der Waals surface area contributed by atoms with Crippen LogP contribution in [0.15, 0.2) is 140 Å². The van der Waals surface area contributed by atoms with Gasteiger partial charge in [0.2, 0.25) is 0 Å². The summed E-state index contributed by atoms with van der Waals surface area (Å²) in [4.78, 5) is 30.8. The van der Waals surface area contributed by atoms with Crippen molar-refractivity contribution in [3.05, 3.63) is 179 Å². The minimum absolute atomic E-state index is 0.0235. The number of ether oxygens (including phenoxy) is 2. The molecule has 7 rings (SSSR count). The van der Waals surface area contributed by atoms with Gasteiger partial charge in [-0.15, -0.1) is 5.10 Å². The number of imidazole rings is 1. The smallest absolute Gasteiger partial charge is 0.359 e. The van der Waals surface area contributed by atoms with E-state index in [-0.39, 0.29) is 24.6 Å². The lowest BCUT2D eigenvalue weighted by atomic mass is 9.77. The zero-order valence-electron chi connectivity index (χ0n) is 31.1. The van der Waals surface area contributed by atoms with E-state index in [4.69, 9.17) is 19.8 Å². The van der Waals surface area contributed by atoms with Gasteiger partial charge in [-0.25, -0.2) is 19.3 Å². The predicted octanol–water partition coefficient (Wildman–Crippen LogP) is 8.40. The highest BCUT2D eigenvalue weighted by atomic mass is 16.5. The van der Waals surface area contributed by atoms with Crippen molar-refractivity contribution in [2.24, 2.45) is 0 Å². The van der Waals surface area contributed by atoms with Crippen LogP contribution < -0.4 is 0 Å². The number of carbonyl (C=O) groups is 2. The second-order valence-corrected chi connectivity index (χ2v) is 13.0. The summed E-state index contributed by atoms with van der Waals surface area (Å²) in [5.74, 6) is -0.0361. The second-order valence-electron chi connectivity index (χ2n) is 13.0. The van der Waals surface area contributed by atoms with Gasteiger partial charge >= 0.3 is 11.9 Å². The minimum Gasteiger partial charge on any atom is -0.461 e. The molecule has 0 spiro atoms. The molecular weight excluding hydrogens is 689 g/mol. The lowest BCUT2D eigenvalue weighted by Crippen LogP contribution is -2.39. The van der Waals surface area contributed by atoms with Gasteiger partial charge in [-0.05, 0) is 64.1 Å². The molecule has 0 atom stereocenters. The number of benzene rings is 5. The van der Waals surface area contributed by atoms with Crippen molar-refractivity contribution in [2.75, 3.05) is 13.2 Å². The maximum Gasteiger partial charge on any atom is 0.359 e. The summed E-state index contributed by atoms with van der Waals surface area (Å²) in [5.41, 5.74) is 5.88. The van der Waals surface area contributed by atoms with Crippen molar-refractivity contribution in [3.8, 4) is 22.5 Å². The third-order valence-electron chi connectivity index (χ3n) is 9.59. The topological polar surface area (TPSA) is 114 Å². The zero-order valence-corrected chi connectivity index (χ0v) is 31.1. The average Bonchev–Trinajstić information content (AvgIpc) is 3.86. The van der Waals surface area contributed by atoms with E-state index >= 15 is 0 Å². The van der Waals surface area contributed by atoms with Crippen LogP contribution in [0.3, 0.4) is 0 Å². The number of aryl methyl sites for hydroxylation is 1. The summed E-state index contributed by atoms with van der Waals surface area (Å²) in [5, 5.41) is 13.8. The molecule has 276 valence electrons. The molecule has 7 aromatic rings. The number of carbonyl (C=O) groups excluding carboxylic acids is 2. The van der Waals surface area contributed by atoms with E-state index in [0.29, 0.717) is 24.6 Å². The number of hydrogen-bond donors (Lipinski definition) is 0. The monoisotopic (exact) mass is 730 g/mol. The molecule has 0 saturated heterocycles. The van der Waals surface area contributed by atoms with Crippen LogP contribution in [-0.2, 0) is 28.0 Å². The van der Waals surface area contributed by atoms with E-state index < -0.39 is 17.5 Å². The van der Waals surface area contributed by atoms with E-state index in [9.17, 15) is 9.59 Å². The molecule has 0 amide bonds. The molecule has 0 N–H and O–H groups in total. The number of nitrogens with zero attached hydrogens (tertiary/aromatic N) is 6. The summed E-state index contributed by atoms with van der Waals surface area (Å²) >= 11 is 0. The van der Waals surface area contributed by atoms with Crippen LogP contribution in [0, 0.1) is 0 Å². The van der Waals surface area contributed by atoms with Crippen LogP contribution in [-0.4, -0.2) is 54.9 Å². The molecule has 55 heavy (non-hydrogen) atoms. The van der Waals surface area contributed by atoms with Gasteiger partial charge in [0.25, 0.3) is 0 Å². The van der Waals surface area contributed by atoms with Gasteiger partial charge in [-0.1, -0.05) is 146 Å². The molecule has 2 aromatic heterocycles. The number of rotatable bonds is 14. The molecule has 0 fully saturated rings. The van der Waals surface area contributed by atoms with Gasteiger partial charge in [-0.3, -0.25) is 0 Å². The van der Waals surface area contributed by atoms with Gasteiger partial charge < -0.3 is 14.0 Å². The number of tetrazole rings is 1. The Morgan fingerprint density at radius 1 is 0.636 bits per heavy atom. The van der Waals surface area contributed by atoms with E-state index in [1.807, 2.05) is 109 Å². The van der Waals surface area contributed by atoms with Gasteiger partial charge in [0.05, 0.1) is 13.2 Å². The first kappa shape index (κ1) is 36.7. The maximum atomic E-state index is 13.3. The van der Waals surface area contributed by atoms with Crippen molar-refractivity contribution in [3.63, 3.8) is 0 Å². The van der Waals surface area contributed by atoms with E-state index in [2.05, 4.69) is 52.7 Å². The highest BCUT2D eigenvalue weighted by Gasteiger charge is 2.42. The predicted molar refractivity (Wildman–Crippen MR) is 211 cm³/mol. The molecule has 0 unspecified atom stereocenters. The standard InChI is InChI=1S/C45H42N6O4/c1-4-18-39-46-40(43(52)54-5-2)41(44(53)55-6-3)50(39)31-32-27-29-33(30-28-32)37-25-16-17-26-38(37)42-47-48-49-51(42)45(34-19-10-7-11-20-34,35-21-12-8-13-22-35)36-23-14-9-15-24-36/h7-17,19-30H,4-6,18,31H2,1-3H3. The molecule has 0 aliphatic heterocycles. The Labute approximate surface area is 320 Å². The van der Waals surface area contributed by atoms with Gasteiger partial charge in [-0.2, -0.15) is 0 Å². The molecule has 2 heterocycles. The van der Waals surface area contributed by atoms with Crippen LogP contribution in [0.25, 0.3) is 22.5 Å². The maximum absolute atomic E-state index is 13.3. The van der Waals surface area contributed by atoms with Crippen LogP contribution in [0.2, 0.25) is 0 Å². The first-order valence-corrected chi connectivity index (χ1v) is 18.6. The third-order valence-corrected chi connectivity index (χ3v) is 9.59. The quantitative estimate of drug-likeness (QED) is 0.0810. The number of hydrogen-bond acceptors (Lipinski definition) is 8.